The summed E-state index contributed by atoms with van der Waals surface area (Å²) in [5.41, 5.74) is 0.224. The Kier molecular flexibility index (Phi) is 5.60. The Balaban J connectivity index is 2.89. The molecule has 0 atom stereocenters. The third kappa shape index (κ3) is 3.58. The maximum absolute atomic E-state index is 15.2. The molecule has 0 spiro atoms. The molecule has 0 radical (unpaired) electrons. The minimum atomic E-state index is -2.24. The Bertz CT molecular complexity index is 785. The number of halogens is 1. The second-order valence-corrected chi connectivity index (χ2v) is 11.8. The number of carbonyl (C=O) groups excluding carboxylic acids is 1. The molecule has 25 heavy (non-hydrogen) atoms. The molecule has 0 unspecified atom stereocenters. The first-order valence-electron chi connectivity index (χ1n) is 8.28. The van der Waals surface area contributed by atoms with Gasteiger partial charge in [-0.2, -0.15) is 0 Å². The highest BCUT2D eigenvalue weighted by molar-refractivity contribution is 6.88. The lowest BCUT2D eigenvalue weighted by Crippen LogP contribution is -2.49. The maximum Gasteiger partial charge on any atom is 0.707 e. The highest BCUT2D eigenvalue weighted by atomic mass is 28.3. The van der Waals surface area contributed by atoms with Crippen LogP contribution in [-0.2, 0) is 0 Å². The van der Waals surface area contributed by atoms with Gasteiger partial charge in [-0.05, 0) is 26.0 Å². The zero-order chi connectivity index (χ0) is 18.9. The number of hydrogen-bond donors (Lipinski definition) is 2. The number of carbonyl (C=O) groups is 1. The summed E-state index contributed by atoms with van der Waals surface area (Å²) in [6.45, 7) is 10.5. The normalized spacial score (nSPS) is 11.7. The Labute approximate surface area is 148 Å². The highest BCUT2D eigenvalue weighted by Gasteiger charge is 2.34. The summed E-state index contributed by atoms with van der Waals surface area (Å²) in [4.78, 5) is 14.7. The molecule has 2 N–H and O–H groups in total. The predicted molar refractivity (Wildman–Crippen MR) is 99.4 cm³/mol. The average molecular weight is 366 g/mol. The van der Waals surface area contributed by atoms with Crippen molar-refractivity contribution < 1.29 is 23.9 Å². The van der Waals surface area contributed by atoms with Crippen molar-refractivity contribution in [2.24, 2.45) is 0 Å². The number of benzene rings is 1. The van der Waals surface area contributed by atoms with Gasteiger partial charge >= 0.3 is 13.4 Å². The molecule has 1 aromatic heterocycles. The van der Waals surface area contributed by atoms with Gasteiger partial charge in [0.05, 0.1) is 0 Å². The van der Waals surface area contributed by atoms with Gasteiger partial charge in [0, 0.05) is 23.8 Å². The molecule has 0 saturated heterocycles. The number of fused-ring (bicyclic) bond motifs is 1. The summed E-state index contributed by atoms with van der Waals surface area (Å²) in [6, 6.07) is 4.27. The monoisotopic (exact) mass is 366 g/mol. The fourth-order valence-electron chi connectivity index (χ4n) is 2.97. The fraction of sp³-hybridized carbons (Fsp3) is 0.438. The zero-order valence-electron chi connectivity index (χ0n) is 15.2. The molecule has 9 heteroatoms. The fourth-order valence-corrected chi connectivity index (χ4v) is 4.64. The molecule has 0 fully saturated rings. The average Bonchev–Trinajstić information content (AvgIpc) is 2.82. The molecule has 0 bridgehead atoms. The summed E-state index contributed by atoms with van der Waals surface area (Å²) in [5.74, 6) is -0.399. The van der Waals surface area contributed by atoms with E-state index in [0.29, 0.717) is 18.4 Å². The van der Waals surface area contributed by atoms with Crippen molar-refractivity contribution in [3.8, 4) is 5.75 Å². The topological polar surface area (TPSA) is 74.9 Å². The van der Waals surface area contributed by atoms with Crippen LogP contribution < -0.4 is 9.97 Å². The molecular weight excluding hydrogens is 342 g/mol. The van der Waals surface area contributed by atoms with Gasteiger partial charge in [0.25, 0.3) is 0 Å². The van der Waals surface area contributed by atoms with Crippen molar-refractivity contribution in [1.82, 2.24) is 9.47 Å². The van der Waals surface area contributed by atoms with E-state index in [-0.39, 0.29) is 22.7 Å². The van der Waals surface area contributed by atoms with Crippen LogP contribution >= 0.6 is 0 Å². The number of hydrogen-bond acceptors (Lipinski definition) is 4. The van der Waals surface area contributed by atoms with Crippen LogP contribution in [0.5, 0.6) is 5.75 Å². The molecule has 2 aromatic rings. The lowest BCUT2D eigenvalue weighted by molar-refractivity contribution is 0.206. The predicted octanol–water partition coefficient (Wildman–Crippen LogP) is 1.98. The molecule has 6 nitrogen and oxygen atoms in total. The minimum absolute atomic E-state index is 0.0522. The third-order valence-electron chi connectivity index (χ3n) is 4.06. The van der Waals surface area contributed by atoms with Crippen molar-refractivity contribution in [2.75, 3.05) is 13.1 Å². The van der Waals surface area contributed by atoms with Gasteiger partial charge in [-0.15, -0.1) is 0 Å². The van der Waals surface area contributed by atoms with E-state index in [2.05, 4.69) is 0 Å². The van der Waals surface area contributed by atoms with E-state index in [4.69, 9.17) is 4.65 Å². The van der Waals surface area contributed by atoms with Gasteiger partial charge < -0.3 is 19.6 Å². The molecule has 136 valence electrons. The van der Waals surface area contributed by atoms with Crippen LogP contribution in [0.3, 0.4) is 0 Å². The first-order chi connectivity index (χ1) is 11.6. The largest absolute Gasteiger partial charge is 0.707 e. The Morgan fingerprint density at radius 3 is 2.36 bits per heavy atom. The van der Waals surface area contributed by atoms with Crippen LogP contribution in [0.15, 0.2) is 18.2 Å². The Morgan fingerprint density at radius 2 is 1.88 bits per heavy atom. The van der Waals surface area contributed by atoms with Gasteiger partial charge in [-0.3, -0.25) is 4.57 Å². The number of rotatable bonds is 5. The lowest BCUT2D eigenvalue weighted by Gasteiger charge is -2.25. The van der Waals surface area contributed by atoms with E-state index in [1.807, 2.05) is 33.5 Å². The zero-order valence-corrected chi connectivity index (χ0v) is 16.2. The van der Waals surface area contributed by atoms with Crippen molar-refractivity contribution in [3.63, 3.8) is 0 Å². The quantitative estimate of drug-likeness (QED) is 0.794. The molecule has 1 amide bonds. The molecule has 2 rings (SSSR count). The van der Waals surface area contributed by atoms with Gasteiger partial charge in [0.2, 0.25) is 0 Å². The maximum atomic E-state index is 15.2. The van der Waals surface area contributed by atoms with Crippen LogP contribution in [0.1, 0.15) is 13.8 Å². The molecule has 1 heterocycles. The van der Waals surface area contributed by atoms with Crippen molar-refractivity contribution in [2.45, 2.75) is 33.5 Å². The smallest absolute Gasteiger partial charge is 0.510 e. The standard InChI is InChI=1S/C16H24BFN2O4Si/c1-6-19(7-2)16(21)20-14-11(13(18)15(20)25(3,4)5)9-8-10-12(14)24-17(22)23/h8-10,22-23H,6-7H2,1-5H3. The number of para-hydroxylation sites is 1. The van der Waals surface area contributed by atoms with E-state index in [9.17, 15) is 14.8 Å². The Morgan fingerprint density at radius 1 is 1.28 bits per heavy atom. The van der Waals surface area contributed by atoms with Crippen LogP contribution in [-0.4, -0.2) is 54.0 Å². The molecule has 0 aliphatic rings. The molecule has 0 aliphatic carbocycles. The van der Waals surface area contributed by atoms with Crippen LogP contribution in [0, 0.1) is 5.82 Å². The summed E-state index contributed by atoms with van der Waals surface area (Å²) >= 11 is 0. The van der Waals surface area contributed by atoms with Gasteiger partial charge in [-0.25, -0.2) is 9.18 Å². The third-order valence-corrected chi connectivity index (χ3v) is 5.92. The van der Waals surface area contributed by atoms with Gasteiger partial charge in [0.15, 0.2) is 0 Å². The van der Waals surface area contributed by atoms with E-state index in [1.54, 1.807) is 17.0 Å². The summed E-state index contributed by atoms with van der Waals surface area (Å²) < 4.78 is 21.6. The van der Waals surface area contributed by atoms with Crippen LogP contribution in [0.25, 0.3) is 10.9 Å². The molecule has 0 saturated carbocycles. The molecular formula is C16H24BFN2O4Si. The highest BCUT2D eigenvalue weighted by Crippen LogP contribution is 2.30. The van der Waals surface area contributed by atoms with Crippen molar-refractivity contribution >= 4 is 37.6 Å². The van der Waals surface area contributed by atoms with E-state index in [0.717, 1.165) is 0 Å². The minimum Gasteiger partial charge on any atom is -0.510 e. The van der Waals surface area contributed by atoms with Gasteiger partial charge in [0.1, 0.15) is 25.2 Å². The molecule has 1 aromatic carbocycles. The van der Waals surface area contributed by atoms with E-state index in [1.165, 1.54) is 10.6 Å². The SMILES string of the molecule is CCN(CC)C(=O)n1c([Si](C)(C)C)c(F)c2cccc(OB(O)O)c21. The molecule has 0 aliphatic heterocycles. The van der Waals surface area contributed by atoms with Gasteiger partial charge in [-0.1, -0.05) is 25.7 Å². The second kappa shape index (κ2) is 7.19. The summed E-state index contributed by atoms with van der Waals surface area (Å²) in [6.07, 6.45) is 0. The van der Waals surface area contributed by atoms with Crippen molar-refractivity contribution in [3.05, 3.63) is 24.0 Å². The summed E-state index contributed by atoms with van der Waals surface area (Å²) in [7, 11) is -4.30. The Hall–Kier alpha value is -1.84. The second-order valence-electron chi connectivity index (χ2n) is 6.80. The summed E-state index contributed by atoms with van der Waals surface area (Å²) in [5, 5.41) is 18.9. The van der Waals surface area contributed by atoms with Crippen LogP contribution in [0.2, 0.25) is 19.6 Å². The lowest BCUT2D eigenvalue weighted by atomic mass is 10.2. The van der Waals surface area contributed by atoms with Crippen LogP contribution in [0.4, 0.5) is 9.18 Å². The van der Waals surface area contributed by atoms with E-state index >= 15 is 4.39 Å². The van der Waals surface area contributed by atoms with E-state index < -0.39 is 21.2 Å². The number of nitrogens with zero attached hydrogens (tertiary/aromatic N) is 2. The number of amides is 1. The van der Waals surface area contributed by atoms with Crippen molar-refractivity contribution in [1.29, 1.82) is 0 Å². The number of aromatic nitrogens is 1. The first kappa shape index (κ1) is 19.5. The first-order valence-corrected chi connectivity index (χ1v) is 11.8.